The summed E-state index contributed by atoms with van der Waals surface area (Å²) in [6.45, 7) is 0. The highest BCUT2D eigenvalue weighted by Gasteiger charge is 2.38. The maximum atomic E-state index is 11.9. The quantitative estimate of drug-likeness (QED) is 0.731. The summed E-state index contributed by atoms with van der Waals surface area (Å²) in [7, 11) is 0. The SMILES string of the molecule is O=C(NC1CCCC1)C1(O)CCCCC1. The van der Waals surface area contributed by atoms with Gasteiger partial charge in [-0.1, -0.05) is 32.1 Å². The first kappa shape index (κ1) is 10.9. The number of carbonyl (C=O) groups is 1. The van der Waals surface area contributed by atoms with Gasteiger partial charge in [-0.25, -0.2) is 0 Å². The highest BCUT2D eigenvalue weighted by molar-refractivity contribution is 5.85. The number of hydrogen-bond donors (Lipinski definition) is 2. The van der Waals surface area contributed by atoms with Crippen LogP contribution in [0.25, 0.3) is 0 Å². The van der Waals surface area contributed by atoms with Gasteiger partial charge in [0, 0.05) is 6.04 Å². The van der Waals surface area contributed by atoms with E-state index in [-0.39, 0.29) is 5.91 Å². The third kappa shape index (κ3) is 2.51. The van der Waals surface area contributed by atoms with E-state index in [0.29, 0.717) is 18.9 Å². The molecule has 2 saturated carbocycles. The van der Waals surface area contributed by atoms with E-state index in [4.69, 9.17) is 0 Å². The molecule has 3 heteroatoms. The Morgan fingerprint density at radius 3 is 2.27 bits per heavy atom. The molecule has 0 unspecified atom stereocenters. The Bertz CT molecular complexity index is 228. The average molecular weight is 211 g/mol. The summed E-state index contributed by atoms with van der Waals surface area (Å²) < 4.78 is 0. The molecule has 0 bridgehead atoms. The smallest absolute Gasteiger partial charge is 0.252 e. The maximum absolute atomic E-state index is 11.9. The van der Waals surface area contributed by atoms with Crippen molar-refractivity contribution in [1.82, 2.24) is 5.32 Å². The highest BCUT2D eigenvalue weighted by Crippen LogP contribution is 2.29. The van der Waals surface area contributed by atoms with E-state index < -0.39 is 5.60 Å². The predicted molar refractivity (Wildman–Crippen MR) is 58.4 cm³/mol. The lowest BCUT2D eigenvalue weighted by molar-refractivity contribution is -0.143. The molecule has 0 spiro atoms. The van der Waals surface area contributed by atoms with E-state index in [1.165, 1.54) is 12.8 Å². The van der Waals surface area contributed by atoms with Crippen molar-refractivity contribution in [3.8, 4) is 0 Å². The molecule has 0 aromatic heterocycles. The van der Waals surface area contributed by atoms with Crippen molar-refractivity contribution in [2.75, 3.05) is 0 Å². The van der Waals surface area contributed by atoms with Gasteiger partial charge in [0.1, 0.15) is 5.60 Å². The molecule has 2 fully saturated rings. The van der Waals surface area contributed by atoms with Crippen molar-refractivity contribution in [2.24, 2.45) is 0 Å². The number of nitrogens with one attached hydrogen (secondary N) is 1. The Morgan fingerprint density at radius 1 is 1.07 bits per heavy atom. The maximum Gasteiger partial charge on any atom is 0.252 e. The van der Waals surface area contributed by atoms with E-state index in [0.717, 1.165) is 32.1 Å². The summed E-state index contributed by atoms with van der Waals surface area (Å²) in [6.07, 6.45) is 9.00. The molecule has 1 amide bonds. The van der Waals surface area contributed by atoms with Crippen molar-refractivity contribution < 1.29 is 9.90 Å². The van der Waals surface area contributed by atoms with E-state index in [9.17, 15) is 9.90 Å². The Labute approximate surface area is 91.2 Å². The van der Waals surface area contributed by atoms with Gasteiger partial charge >= 0.3 is 0 Å². The summed E-state index contributed by atoms with van der Waals surface area (Å²) in [6, 6.07) is 0.323. The molecule has 2 aliphatic carbocycles. The first-order chi connectivity index (χ1) is 7.21. The van der Waals surface area contributed by atoms with Gasteiger partial charge in [0.2, 0.25) is 0 Å². The number of carbonyl (C=O) groups excluding carboxylic acids is 1. The van der Waals surface area contributed by atoms with Crippen molar-refractivity contribution in [3.05, 3.63) is 0 Å². The van der Waals surface area contributed by atoms with Gasteiger partial charge in [-0.2, -0.15) is 0 Å². The van der Waals surface area contributed by atoms with Crippen LogP contribution in [-0.2, 0) is 4.79 Å². The fourth-order valence-corrected chi connectivity index (χ4v) is 2.75. The van der Waals surface area contributed by atoms with Crippen LogP contribution in [0.15, 0.2) is 0 Å². The molecule has 15 heavy (non-hydrogen) atoms. The number of amides is 1. The average Bonchev–Trinajstić information content (AvgIpc) is 2.71. The molecule has 0 atom stereocenters. The predicted octanol–water partition coefficient (Wildman–Crippen LogP) is 1.74. The minimum atomic E-state index is -1.05. The summed E-state index contributed by atoms with van der Waals surface area (Å²) in [5.74, 6) is -0.117. The Balaban J connectivity index is 1.87. The normalized spacial score (nSPS) is 26.5. The number of rotatable bonds is 2. The van der Waals surface area contributed by atoms with Crippen LogP contribution < -0.4 is 5.32 Å². The molecule has 0 aliphatic heterocycles. The monoisotopic (exact) mass is 211 g/mol. The second kappa shape index (κ2) is 4.52. The number of hydrogen-bond acceptors (Lipinski definition) is 2. The van der Waals surface area contributed by atoms with Crippen molar-refractivity contribution >= 4 is 5.91 Å². The van der Waals surface area contributed by atoms with Crippen LogP contribution in [-0.4, -0.2) is 22.7 Å². The van der Waals surface area contributed by atoms with Crippen molar-refractivity contribution in [3.63, 3.8) is 0 Å². The van der Waals surface area contributed by atoms with E-state index in [1.54, 1.807) is 0 Å². The summed E-state index contributed by atoms with van der Waals surface area (Å²) >= 11 is 0. The second-order valence-electron chi connectivity index (χ2n) is 5.05. The largest absolute Gasteiger partial charge is 0.380 e. The van der Waals surface area contributed by atoms with E-state index in [1.807, 2.05) is 0 Å². The highest BCUT2D eigenvalue weighted by atomic mass is 16.3. The van der Waals surface area contributed by atoms with Crippen LogP contribution in [0.2, 0.25) is 0 Å². The van der Waals surface area contributed by atoms with Gasteiger partial charge in [-0.05, 0) is 25.7 Å². The zero-order valence-electron chi connectivity index (χ0n) is 9.30. The molecule has 0 aromatic rings. The van der Waals surface area contributed by atoms with E-state index >= 15 is 0 Å². The van der Waals surface area contributed by atoms with Crippen LogP contribution in [0.4, 0.5) is 0 Å². The summed E-state index contributed by atoms with van der Waals surface area (Å²) in [5, 5.41) is 13.2. The fraction of sp³-hybridized carbons (Fsp3) is 0.917. The minimum absolute atomic E-state index is 0.117. The third-order valence-electron chi connectivity index (χ3n) is 3.79. The van der Waals surface area contributed by atoms with Crippen LogP contribution in [0.3, 0.4) is 0 Å². The van der Waals surface area contributed by atoms with E-state index in [2.05, 4.69) is 5.32 Å². The van der Waals surface area contributed by atoms with Crippen LogP contribution in [0.1, 0.15) is 57.8 Å². The summed E-state index contributed by atoms with van der Waals surface area (Å²) in [4.78, 5) is 11.9. The molecule has 0 saturated heterocycles. The Hall–Kier alpha value is -0.570. The molecule has 0 radical (unpaired) electrons. The lowest BCUT2D eigenvalue weighted by atomic mass is 9.84. The molecule has 3 nitrogen and oxygen atoms in total. The Kier molecular flexibility index (Phi) is 3.29. The zero-order chi connectivity index (χ0) is 10.7. The molecule has 0 heterocycles. The van der Waals surface area contributed by atoms with Gasteiger partial charge < -0.3 is 10.4 Å². The number of aliphatic hydroxyl groups is 1. The standard InChI is InChI=1S/C12H21NO2/c14-11(13-10-6-2-3-7-10)12(15)8-4-1-5-9-12/h10,15H,1-9H2,(H,13,14). The van der Waals surface area contributed by atoms with Crippen LogP contribution >= 0.6 is 0 Å². The van der Waals surface area contributed by atoms with Gasteiger partial charge in [-0.15, -0.1) is 0 Å². The first-order valence-corrected chi connectivity index (χ1v) is 6.24. The second-order valence-corrected chi connectivity index (χ2v) is 5.05. The lowest BCUT2D eigenvalue weighted by Crippen LogP contribution is -2.50. The van der Waals surface area contributed by atoms with Crippen molar-refractivity contribution in [2.45, 2.75) is 69.4 Å². The van der Waals surface area contributed by atoms with Gasteiger partial charge in [0.25, 0.3) is 5.91 Å². The Morgan fingerprint density at radius 2 is 1.67 bits per heavy atom. The molecule has 86 valence electrons. The summed E-state index contributed by atoms with van der Waals surface area (Å²) in [5.41, 5.74) is -1.05. The minimum Gasteiger partial charge on any atom is -0.380 e. The molecule has 2 N–H and O–H groups in total. The molecule has 2 rings (SSSR count). The van der Waals surface area contributed by atoms with Crippen molar-refractivity contribution in [1.29, 1.82) is 0 Å². The third-order valence-corrected chi connectivity index (χ3v) is 3.79. The van der Waals surface area contributed by atoms with Gasteiger partial charge in [0.05, 0.1) is 0 Å². The first-order valence-electron chi connectivity index (χ1n) is 6.24. The van der Waals surface area contributed by atoms with Gasteiger partial charge in [0.15, 0.2) is 0 Å². The lowest BCUT2D eigenvalue weighted by Gasteiger charge is -2.31. The molecular weight excluding hydrogens is 190 g/mol. The molecule has 0 aromatic carbocycles. The topological polar surface area (TPSA) is 49.3 Å². The molecule has 2 aliphatic rings. The zero-order valence-corrected chi connectivity index (χ0v) is 9.30. The van der Waals surface area contributed by atoms with Gasteiger partial charge in [-0.3, -0.25) is 4.79 Å². The van der Waals surface area contributed by atoms with Crippen LogP contribution in [0.5, 0.6) is 0 Å². The van der Waals surface area contributed by atoms with Crippen LogP contribution in [0, 0.1) is 0 Å². The fourth-order valence-electron chi connectivity index (χ4n) is 2.75. The molecular formula is C12H21NO2.